The van der Waals surface area contributed by atoms with E-state index in [2.05, 4.69) is 0 Å². The Labute approximate surface area is 194 Å². The lowest BCUT2D eigenvalue weighted by Gasteiger charge is -2.27. The zero-order valence-electron chi connectivity index (χ0n) is 16.3. The summed E-state index contributed by atoms with van der Waals surface area (Å²) in [5, 5.41) is 12.1. The van der Waals surface area contributed by atoms with Crippen LogP contribution in [0.2, 0.25) is 15.1 Å². The second-order valence-electron chi connectivity index (χ2n) is 7.09. The van der Waals surface area contributed by atoms with Gasteiger partial charge in [0.25, 0.3) is 11.7 Å². The summed E-state index contributed by atoms with van der Waals surface area (Å²) >= 11 is 18.4. The van der Waals surface area contributed by atoms with Crippen LogP contribution in [0.5, 0.6) is 0 Å². The molecule has 1 N–H and O–H groups in total. The van der Waals surface area contributed by atoms with Gasteiger partial charge in [-0.1, -0.05) is 71.2 Å². The quantitative estimate of drug-likeness (QED) is 0.266. The molecule has 1 aliphatic heterocycles. The number of benzene rings is 3. The van der Waals surface area contributed by atoms with Crippen LogP contribution in [0.25, 0.3) is 5.76 Å². The van der Waals surface area contributed by atoms with Gasteiger partial charge in [-0.3, -0.25) is 14.5 Å². The highest BCUT2D eigenvalue weighted by Crippen LogP contribution is 2.44. The highest BCUT2D eigenvalue weighted by Gasteiger charge is 2.47. The minimum atomic E-state index is -0.840. The number of carbonyl (C=O) groups excluding carboxylic acids is 2. The Morgan fingerprint density at radius 3 is 2.26 bits per heavy atom. The Hall–Kier alpha value is -2.79. The van der Waals surface area contributed by atoms with Crippen molar-refractivity contribution in [1.82, 2.24) is 0 Å². The number of hydrogen-bond acceptors (Lipinski definition) is 3. The van der Waals surface area contributed by atoms with Gasteiger partial charge in [-0.2, -0.15) is 0 Å². The predicted octanol–water partition coefficient (Wildman–Crippen LogP) is 6.58. The molecule has 0 saturated carbocycles. The minimum Gasteiger partial charge on any atom is -0.507 e. The largest absolute Gasteiger partial charge is 0.507 e. The number of amides is 1. The van der Waals surface area contributed by atoms with E-state index in [0.29, 0.717) is 26.9 Å². The highest BCUT2D eigenvalue weighted by molar-refractivity contribution is 6.52. The first-order valence-corrected chi connectivity index (χ1v) is 10.5. The Bertz CT molecular complexity index is 1240. The number of anilines is 1. The van der Waals surface area contributed by atoms with Gasteiger partial charge < -0.3 is 5.11 Å². The van der Waals surface area contributed by atoms with Gasteiger partial charge in [-0.15, -0.1) is 0 Å². The Morgan fingerprint density at radius 1 is 0.871 bits per heavy atom. The first-order chi connectivity index (χ1) is 14.8. The van der Waals surface area contributed by atoms with Crippen LogP contribution in [-0.2, 0) is 9.59 Å². The number of carbonyl (C=O) groups is 2. The van der Waals surface area contributed by atoms with E-state index in [1.165, 1.54) is 17.0 Å². The van der Waals surface area contributed by atoms with Gasteiger partial charge in [0, 0.05) is 16.3 Å². The summed E-state index contributed by atoms with van der Waals surface area (Å²) in [4.78, 5) is 27.7. The van der Waals surface area contributed by atoms with Crippen LogP contribution >= 0.6 is 34.8 Å². The molecule has 31 heavy (non-hydrogen) atoms. The number of aliphatic hydroxyl groups excluding tert-OH is 1. The molecule has 4 nitrogen and oxygen atoms in total. The molecule has 7 heteroatoms. The van der Waals surface area contributed by atoms with Crippen molar-refractivity contribution in [3.05, 3.63) is 104 Å². The van der Waals surface area contributed by atoms with E-state index < -0.39 is 17.7 Å². The molecule has 0 bridgehead atoms. The average Bonchev–Trinajstić information content (AvgIpc) is 3.03. The summed E-state index contributed by atoms with van der Waals surface area (Å²) in [5.74, 6) is -1.87. The lowest BCUT2D eigenvalue weighted by atomic mass is 9.95. The van der Waals surface area contributed by atoms with Crippen molar-refractivity contribution in [2.24, 2.45) is 0 Å². The van der Waals surface area contributed by atoms with E-state index >= 15 is 0 Å². The molecule has 1 aliphatic rings. The van der Waals surface area contributed by atoms with Crippen molar-refractivity contribution >= 4 is 57.9 Å². The first-order valence-electron chi connectivity index (χ1n) is 9.37. The third-order valence-electron chi connectivity index (χ3n) is 5.25. The van der Waals surface area contributed by atoms with Crippen LogP contribution in [0.4, 0.5) is 5.69 Å². The summed E-state index contributed by atoms with van der Waals surface area (Å²) in [6, 6.07) is 17.9. The van der Waals surface area contributed by atoms with Crippen molar-refractivity contribution in [3.8, 4) is 0 Å². The summed E-state index contributed by atoms with van der Waals surface area (Å²) in [6.07, 6.45) is 0. The molecule has 0 radical (unpaired) electrons. The fraction of sp³-hybridized carbons (Fsp3) is 0.0833. The Balaban J connectivity index is 1.98. The van der Waals surface area contributed by atoms with E-state index in [0.717, 1.165) is 0 Å². The van der Waals surface area contributed by atoms with Crippen molar-refractivity contribution in [1.29, 1.82) is 0 Å². The molecule has 1 heterocycles. The molecule has 1 atom stereocenters. The highest BCUT2D eigenvalue weighted by atomic mass is 35.5. The van der Waals surface area contributed by atoms with Crippen molar-refractivity contribution < 1.29 is 14.7 Å². The van der Waals surface area contributed by atoms with E-state index in [-0.39, 0.29) is 21.9 Å². The van der Waals surface area contributed by atoms with Crippen LogP contribution in [0.15, 0.2) is 72.3 Å². The molecule has 1 saturated heterocycles. The van der Waals surface area contributed by atoms with Gasteiger partial charge in [0.05, 0.1) is 21.7 Å². The number of rotatable bonds is 3. The predicted molar refractivity (Wildman–Crippen MR) is 124 cm³/mol. The minimum absolute atomic E-state index is 0.0334. The molecule has 1 amide bonds. The maximum absolute atomic E-state index is 13.2. The zero-order valence-corrected chi connectivity index (χ0v) is 18.5. The second kappa shape index (κ2) is 8.39. The fourth-order valence-corrected chi connectivity index (χ4v) is 4.16. The van der Waals surface area contributed by atoms with Crippen molar-refractivity contribution in [2.45, 2.75) is 13.0 Å². The lowest BCUT2D eigenvalue weighted by Crippen LogP contribution is -2.30. The van der Waals surface area contributed by atoms with E-state index in [1.807, 2.05) is 6.07 Å². The van der Waals surface area contributed by atoms with Crippen LogP contribution in [0.1, 0.15) is 22.7 Å². The number of nitrogens with zero attached hydrogens (tertiary/aromatic N) is 1. The SMILES string of the molecule is Cc1c(Cl)cccc1N1C(=O)C(=O)/C(=C(/O)c2ccc(Cl)c(Cl)c2)C1c1ccccc1. The summed E-state index contributed by atoms with van der Waals surface area (Å²) in [5.41, 5.74) is 2.07. The molecule has 1 unspecified atom stereocenters. The summed E-state index contributed by atoms with van der Waals surface area (Å²) in [7, 11) is 0. The van der Waals surface area contributed by atoms with Gasteiger partial charge in [-0.05, 0) is 48.4 Å². The summed E-state index contributed by atoms with van der Waals surface area (Å²) in [6.45, 7) is 1.78. The fourth-order valence-electron chi connectivity index (χ4n) is 3.69. The van der Waals surface area contributed by atoms with Crippen molar-refractivity contribution in [3.63, 3.8) is 0 Å². The second-order valence-corrected chi connectivity index (χ2v) is 8.31. The van der Waals surface area contributed by atoms with Gasteiger partial charge in [0.15, 0.2) is 0 Å². The summed E-state index contributed by atoms with van der Waals surface area (Å²) < 4.78 is 0. The van der Waals surface area contributed by atoms with Gasteiger partial charge >= 0.3 is 0 Å². The molecule has 1 fully saturated rings. The van der Waals surface area contributed by atoms with Crippen LogP contribution in [0.3, 0.4) is 0 Å². The Morgan fingerprint density at radius 2 is 1.58 bits per heavy atom. The van der Waals surface area contributed by atoms with E-state index in [4.69, 9.17) is 34.8 Å². The first kappa shape index (κ1) is 21.4. The third-order valence-corrected chi connectivity index (χ3v) is 6.40. The molecule has 0 aromatic heterocycles. The van der Waals surface area contributed by atoms with Gasteiger partial charge in [0.2, 0.25) is 0 Å². The van der Waals surface area contributed by atoms with Crippen LogP contribution in [0, 0.1) is 6.92 Å². The molecule has 4 rings (SSSR count). The maximum Gasteiger partial charge on any atom is 0.300 e. The van der Waals surface area contributed by atoms with Gasteiger partial charge in [-0.25, -0.2) is 0 Å². The molecule has 156 valence electrons. The molecule has 0 aliphatic carbocycles. The number of hydrogen-bond donors (Lipinski definition) is 1. The normalized spacial score (nSPS) is 17.9. The topological polar surface area (TPSA) is 57.6 Å². The monoisotopic (exact) mass is 471 g/mol. The lowest BCUT2D eigenvalue weighted by molar-refractivity contribution is -0.132. The van der Waals surface area contributed by atoms with Crippen LogP contribution in [-0.4, -0.2) is 16.8 Å². The maximum atomic E-state index is 13.2. The van der Waals surface area contributed by atoms with E-state index in [9.17, 15) is 14.7 Å². The van der Waals surface area contributed by atoms with Crippen LogP contribution < -0.4 is 4.90 Å². The molecule has 0 spiro atoms. The Kier molecular flexibility index (Phi) is 5.80. The molecular formula is C24H16Cl3NO3. The number of ketones is 1. The zero-order chi connectivity index (χ0) is 22.3. The van der Waals surface area contributed by atoms with Gasteiger partial charge in [0.1, 0.15) is 5.76 Å². The third kappa shape index (κ3) is 3.72. The number of aliphatic hydroxyl groups is 1. The number of Topliss-reactive ketones (excluding diaryl/α,β-unsaturated/α-hetero) is 1. The molecular weight excluding hydrogens is 457 g/mol. The smallest absolute Gasteiger partial charge is 0.300 e. The average molecular weight is 473 g/mol. The van der Waals surface area contributed by atoms with E-state index in [1.54, 1.807) is 55.5 Å². The molecule has 3 aromatic rings. The standard InChI is InChI=1S/C24H16Cl3NO3/c1-13-16(25)8-5-9-19(13)28-21(14-6-3-2-4-7-14)20(23(30)24(28)31)22(29)15-10-11-17(26)18(27)12-15/h2-12,21,29H,1H3/b22-20+. The molecule has 3 aromatic carbocycles. The van der Waals surface area contributed by atoms with Crippen molar-refractivity contribution in [2.75, 3.05) is 4.90 Å². The number of halogens is 3.